The maximum Gasteiger partial charge on any atom is 0.194 e. The molecule has 3 rings (SSSR count). The Kier molecular flexibility index (Phi) is 5.89. The summed E-state index contributed by atoms with van der Waals surface area (Å²) in [6.07, 6.45) is 8.10. The second-order valence-electron chi connectivity index (χ2n) is 8.02. The van der Waals surface area contributed by atoms with Crippen molar-refractivity contribution in [3.63, 3.8) is 0 Å². The summed E-state index contributed by atoms with van der Waals surface area (Å²) in [7, 11) is 2.26. The van der Waals surface area contributed by atoms with Gasteiger partial charge in [-0.1, -0.05) is 39.8 Å². The van der Waals surface area contributed by atoms with Crippen molar-refractivity contribution in [1.29, 1.82) is 0 Å². The Morgan fingerprint density at radius 2 is 1.84 bits per heavy atom. The van der Waals surface area contributed by atoms with Crippen molar-refractivity contribution in [3.8, 4) is 0 Å². The first-order chi connectivity index (χ1) is 12.0. The second-order valence-corrected chi connectivity index (χ2v) is 9.14. The number of allylic oxidation sites excluding steroid dienone is 2. The quantitative estimate of drug-likeness (QED) is 0.407. The van der Waals surface area contributed by atoms with E-state index in [9.17, 15) is 0 Å². The summed E-state index contributed by atoms with van der Waals surface area (Å²) in [4.78, 5) is 0. The summed E-state index contributed by atoms with van der Waals surface area (Å²) in [6.45, 7) is 13.2. The van der Waals surface area contributed by atoms with Gasteiger partial charge in [-0.25, -0.2) is 0 Å². The number of benzene rings is 1. The van der Waals surface area contributed by atoms with Crippen LogP contribution in [0.5, 0.6) is 0 Å². The Hall–Kier alpha value is -1.28. The SMILES string of the molecule is C=CC(C/C=C/[B]c1cc2cc3c(cc2s1)C(C)CCC3C)C(C)C. The van der Waals surface area contributed by atoms with Crippen LogP contribution in [-0.2, 0) is 0 Å². The molecule has 1 aliphatic rings. The van der Waals surface area contributed by atoms with Crippen LogP contribution in [0.3, 0.4) is 0 Å². The van der Waals surface area contributed by atoms with Gasteiger partial charge in [0.2, 0.25) is 0 Å². The Morgan fingerprint density at radius 1 is 1.16 bits per heavy atom. The summed E-state index contributed by atoms with van der Waals surface area (Å²) in [6, 6.07) is 7.27. The Bertz CT molecular complexity index is 721. The van der Waals surface area contributed by atoms with Crippen LogP contribution < -0.4 is 4.78 Å². The van der Waals surface area contributed by atoms with Crippen molar-refractivity contribution < 1.29 is 0 Å². The van der Waals surface area contributed by atoms with Gasteiger partial charge in [-0.3, -0.25) is 0 Å². The molecule has 0 fully saturated rings. The van der Waals surface area contributed by atoms with Crippen LogP contribution in [0.1, 0.15) is 69.9 Å². The van der Waals surface area contributed by atoms with Crippen LogP contribution in [-0.4, -0.2) is 7.28 Å². The van der Waals surface area contributed by atoms with Gasteiger partial charge in [-0.2, -0.15) is 11.3 Å². The van der Waals surface area contributed by atoms with Crippen molar-refractivity contribution in [2.24, 2.45) is 11.8 Å². The highest BCUT2D eigenvalue weighted by molar-refractivity contribution is 7.27. The van der Waals surface area contributed by atoms with Crippen molar-refractivity contribution in [2.45, 2.75) is 58.8 Å². The largest absolute Gasteiger partial charge is 0.194 e. The van der Waals surface area contributed by atoms with Crippen LogP contribution in [0, 0.1) is 11.8 Å². The van der Waals surface area contributed by atoms with E-state index < -0.39 is 0 Å². The normalized spacial score (nSPS) is 21.6. The van der Waals surface area contributed by atoms with Crippen LogP contribution in [0.15, 0.2) is 42.9 Å². The van der Waals surface area contributed by atoms with E-state index in [2.05, 4.69) is 77.9 Å². The van der Waals surface area contributed by atoms with Crippen LogP contribution in [0.25, 0.3) is 10.1 Å². The maximum atomic E-state index is 3.96. The van der Waals surface area contributed by atoms with E-state index in [-0.39, 0.29) is 0 Å². The number of rotatable bonds is 6. The fourth-order valence-electron chi connectivity index (χ4n) is 3.93. The molecular formula is C23H30BS. The van der Waals surface area contributed by atoms with Gasteiger partial charge >= 0.3 is 0 Å². The topological polar surface area (TPSA) is 0 Å². The summed E-state index contributed by atoms with van der Waals surface area (Å²) >= 11 is 1.92. The van der Waals surface area contributed by atoms with Gasteiger partial charge in [-0.15, -0.1) is 12.6 Å². The molecule has 0 amide bonds. The summed E-state index contributed by atoms with van der Waals surface area (Å²) in [5.74, 6) is 4.85. The van der Waals surface area contributed by atoms with Gasteiger partial charge < -0.3 is 0 Å². The summed E-state index contributed by atoms with van der Waals surface area (Å²) in [5.41, 5.74) is 3.16. The monoisotopic (exact) mass is 349 g/mol. The average Bonchev–Trinajstić information content (AvgIpc) is 2.98. The molecule has 25 heavy (non-hydrogen) atoms. The number of hydrogen-bond acceptors (Lipinski definition) is 1. The van der Waals surface area contributed by atoms with E-state index in [1.165, 1.54) is 27.7 Å². The molecule has 0 bridgehead atoms. The van der Waals surface area contributed by atoms with E-state index in [1.54, 1.807) is 11.1 Å². The first-order valence-corrected chi connectivity index (χ1v) is 10.5. The summed E-state index contributed by atoms with van der Waals surface area (Å²) in [5, 5.41) is 1.41. The fourth-order valence-corrected chi connectivity index (χ4v) is 4.93. The predicted molar refractivity (Wildman–Crippen MR) is 116 cm³/mol. The highest BCUT2D eigenvalue weighted by Crippen LogP contribution is 2.40. The molecular weight excluding hydrogens is 319 g/mol. The summed E-state index contributed by atoms with van der Waals surface area (Å²) < 4.78 is 2.79. The third-order valence-electron chi connectivity index (χ3n) is 5.80. The molecule has 3 unspecified atom stereocenters. The van der Waals surface area contributed by atoms with Crippen molar-refractivity contribution in [3.05, 3.63) is 54.0 Å². The zero-order valence-corrected chi connectivity index (χ0v) is 16.9. The minimum atomic E-state index is 0.571. The van der Waals surface area contributed by atoms with Gasteiger partial charge in [0.1, 0.15) is 0 Å². The molecule has 1 aromatic carbocycles. The molecule has 1 aromatic heterocycles. The number of hydrogen-bond donors (Lipinski definition) is 0. The van der Waals surface area contributed by atoms with E-state index in [0.717, 1.165) is 6.42 Å². The molecule has 0 aliphatic heterocycles. The molecule has 0 saturated carbocycles. The lowest BCUT2D eigenvalue weighted by atomic mass is 9.75. The zero-order chi connectivity index (χ0) is 18.0. The van der Waals surface area contributed by atoms with Crippen molar-refractivity contribution in [1.82, 2.24) is 0 Å². The average molecular weight is 349 g/mol. The smallest absolute Gasteiger partial charge is 0.151 e. The minimum Gasteiger partial charge on any atom is -0.151 e. The highest BCUT2D eigenvalue weighted by Gasteiger charge is 2.22. The van der Waals surface area contributed by atoms with Crippen LogP contribution in [0.2, 0.25) is 0 Å². The molecule has 1 aliphatic carbocycles. The third kappa shape index (κ3) is 4.11. The van der Waals surface area contributed by atoms with Crippen molar-refractivity contribution in [2.75, 3.05) is 0 Å². The molecule has 131 valence electrons. The lowest BCUT2D eigenvalue weighted by molar-refractivity contribution is 0.471. The third-order valence-corrected chi connectivity index (χ3v) is 6.86. The standard InChI is InChI=1S/C23H30BS/c1-6-18(15(2)3)8-7-11-24-23-13-19-12-20-16(4)9-10-17(5)21(20)14-22(19)25-23/h6-7,11-18H,1,8-10H2,2-5H3/b11-7+. The molecule has 0 saturated heterocycles. The van der Waals surface area contributed by atoms with Crippen LogP contribution >= 0.6 is 11.3 Å². The van der Waals surface area contributed by atoms with Crippen LogP contribution in [0.4, 0.5) is 0 Å². The van der Waals surface area contributed by atoms with Gasteiger partial charge in [-0.05, 0) is 82.4 Å². The maximum absolute atomic E-state index is 3.96. The van der Waals surface area contributed by atoms with E-state index in [4.69, 9.17) is 0 Å². The Balaban J connectivity index is 1.74. The first kappa shape index (κ1) is 18.5. The molecule has 1 radical (unpaired) electrons. The molecule has 3 atom stereocenters. The lowest BCUT2D eigenvalue weighted by Crippen LogP contribution is -2.10. The highest BCUT2D eigenvalue weighted by atomic mass is 32.1. The molecule has 0 N–H and O–H groups in total. The molecule has 2 aromatic rings. The van der Waals surface area contributed by atoms with Gasteiger partial charge in [0, 0.05) is 4.70 Å². The second kappa shape index (κ2) is 7.95. The lowest BCUT2D eigenvalue weighted by Gasteiger charge is -2.27. The van der Waals surface area contributed by atoms with Crippen molar-refractivity contribution >= 4 is 33.5 Å². The fraction of sp³-hybridized carbons (Fsp3) is 0.478. The molecule has 2 heteroatoms. The van der Waals surface area contributed by atoms with E-state index >= 15 is 0 Å². The van der Waals surface area contributed by atoms with Gasteiger partial charge in [0.15, 0.2) is 7.28 Å². The zero-order valence-electron chi connectivity index (χ0n) is 16.1. The van der Waals surface area contributed by atoms with E-state index in [0.29, 0.717) is 23.7 Å². The minimum absolute atomic E-state index is 0.571. The number of fused-ring (bicyclic) bond motifs is 2. The molecule has 0 nitrogen and oxygen atoms in total. The van der Waals surface area contributed by atoms with Gasteiger partial charge in [0.05, 0.1) is 0 Å². The molecule has 1 heterocycles. The van der Waals surface area contributed by atoms with E-state index in [1.807, 2.05) is 11.3 Å². The first-order valence-electron chi connectivity index (χ1n) is 9.69. The Morgan fingerprint density at radius 3 is 2.48 bits per heavy atom. The van der Waals surface area contributed by atoms with Gasteiger partial charge in [0.25, 0.3) is 0 Å². The Labute approximate surface area is 158 Å². The molecule has 0 spiro atoms. The number of thiophene rings is 1. The predicted octanol–water partition coefficient (Wildman–Crippen LogP) is 6.59.